The maximum atomic E-state index is 12.5. The van der Waals surface area contributed by atoms with E-state index < -0.39 is 0 Å². The fraction of sp³-hybridized carbons (Fsp3) is 0.143. The van der Waals surface area contributed by atoms with Crippen molar-refractivity contribution < 1.29 is 9.36 Å². The number of aryl methyl sites for hydroxylation is 1. The van der Waals surface area contributed by atoms with Gasteiger partial charge >= 0.3 is 0 Å². The van der Waals surface area contributed by atoms with Crippen molar-refractivity contribution in [3.8, 4) is 11.1 Å². The molecule has 120 valence electrons. The highest BCUT2D eigenvalue weighted by Crippen LogP contribution is 2.27. The summed E-state index contributed by atoms with van der Waals surface area (Å²) in [5, 5.41) is 3.04. The third-order valence-corrected chi connectivity index (χ3v) is 4.21. The van der Waals surface area contributed by atoms with Crippen LogP contribution in [0.15, 0.2) is 72.9 Å². The van der Waals surface area contributed by atoms with E-state index in [1.165, 1.54) is 5.56 Å². The largest absolute Gasteiger partial charge is 0.320 e. The fourth-order valence-electron chi connectivity index (χ4n) is 2.73. The highest BCUT2D eigenvalue weighted by atomic mass is 16.1. The minimum atomic E-state index is -0.0305. The van der Waals surface area contributed by atoms with Gasteiger partial charge in [0.05, 0.1) is 0 Å². The first kappa shape index (κ1) is 15.9. The summed E-state index contributed by atoms with van der Waals surface area (Å²) in [6.07, 6.45) is 1.94. The SMILES string of the molecule is Cc1ccc[n+](CC(=O)Nc2ccccc2-c2ccccc2)c1C. The Bertz CT molecular complexity index is 857. The van der Waals surface area contributed by atoms with Gasteiger partial charge in [-0.2, -0.15) is 4.57 Å². The second kappa shape index (κ2) is 7.09. The minimum Gasteiger partial charge on any atom is -0.320 e. The van der Waals surface area contributed by atoms with Crippen LogP contribution >= 0.6 is 0 Å². The summed E-state index contributed by atoms with van der Waals surface area (Å²) in [5.74, 6) is -0.0305. The lowest BCUT2D eigenvalue weighted by Crippen LogP contribution is -2.43. The summed E-state index contributed by atoms with van der Waals surface area (Å²) in [4.78, 5) is 12.5. The van der Waals surface area contributed by atoms with Crippen LogP contribution in [0.1, 0.15) is 11.3 Å². The number of nitrogens with zero attached hydrogens (tertiary/aromatic N) is 1. The van der Waals surface area contributed by atoms with Crippen LogP contribution in [0.3, 0.4) is 0 Å². The number of para-hydroxylation sites is 1. The molecule has 3 heteroatoms. The smallest absolute Gasteiger partial charge is 0.290 e. The molecule has 1 heterocycles. The molecule has 3 aromatic rings. The Hall–Kier alpha value is -2.94. The number of pyridine rings is 1. The zero-order chi connectivity index (χ0) is 16.9. The standard InChI is InChI=1S/C21H20N2O/c1-16-9-8-14-23(17(16)2)15-21(24)22-20-13-7-6-12-19(20)18-10-4-3-5-11-18/h3-14H,15H2,1-2H3/p+1. The van der Waals surface area contributed by atoms with Gasteiger partial charge in [-0.25, -0.2) is 0 Å². The summed E-state index contributed by atoms with van der Waals surface area (Å²) in [6, 6.07) is 22.0. The molecular weight excluding hydrogens is 296 g/mol. The predicted molar refractivity (Wildman–Crippen MR) is 96.6 cm³/mol. The Kier molecular flexibility index (Phi) is 4.71. The number of amides is 1. The first-order chi connectivity index (χ1) is 11.6. The number of carbonyl (C=O) groups excluding carboxylic acids is 1. The highest BCUT2D eigenvalue weighted by molar-refractivity contribution is 5.94. The van der Waals surface area contributed by atoms with Crippen molar-refractivity contribution in [3.05, 3.63) is 84.2 Å². The minimum absolute atomic E-state index is 0.0305. The summed E-state index contributed by atoms with van der Waals surface area (Å²) in [7, 11) is 0. The average Bonchev–Trinajstić information content (AvgIpc) is 2.60. The van der Waals surface area contributed by atoms with Crippen molar-refractivity contribution in [1.82, 2.24) is 0 Å². The van der Waals surface area contributed by atoms with Crippen molar-refractivity contribution in [2.75, 3.05) is 5.32 Å². The monoisotopic (exact) mass is 317 g/mol. The van der Waals surface area contributed by atoms with Crippen LogP contribution in [0.2, 0.25) is 0 Å². The maximum absolute atomic E-state index is 12.5. The van der Waals surface area contributed by atoms with Crippen molar-refractivity contribution in [1.29, 1.82) is 0 Å². The Morgan fingerprint density at radius 1 is 0.917 bits per heavy atom. The Balaban J connectivity index is 1.82. The number of anilines is 1. The van der Waals surface area contributed by atoms with E-state index in [1.807, 2.05) is 78.4 Å². The quantitative estimate of drug-likeness (QED) is 0.727. The molecule has 1 N–H and O–H groups in total. The predicted octanol–water partition coefficient (Wildman–Crippen LogP) is 3.90. The fourth-order valence-corrected chi connectivity index (χ4v) is 2.73. The highest BCUT2D eigenvalue weighted by Gasteiger charge is 2.15. The average molecular weight is 317 g/mol. The summed E-state index contributed by atoms with van der Waals surface area (Å²) in [6.45, 7) is 4.38. The van der Waals surface area contributed by atoms with Crippen LogP contribution in [0.25, 0.3) is 11.1 Å². The molecule has 1 aromatic heterocycles. The van der Waals surface area contributed by atoms with Gasteiger partial charge in [-0.3, -0.25) is 4.79 Å². The molecule has 0 unspecified atom stereocenters. The van der Waals surface area contributed by atoms with E-state index in [1.54, 1.807) is 0 Å². The zero-order valence-corrected chi connectivity index (χ0v) is 14.0. The van der Waals surface area contributed by atoms with E-state index in [0.717, 1.165) is 22.5 Å². The van der Waals surface area contributed by atoms with Crippen molar-refractivity contribution >= 4 is 11.6 Å². The summed E-state index contributed by atoms with van der Waals surface area (Å²) in [5.41, 5.74) is 5.23. The van der Waals surface area contributed by atoms with Crippen LogP contribution in [0.4, 0.5) is 5.69 Å². The number of nitrogens with one attached hydrogen (secondary N) is 1. The number of hydrogen-bond donors (Lipinski definition) is 1. The lowest BCUT2D eigenvalue weighted by molar-refractivity contribution is -0.690. The topological polar surface area (TPSA) is 33.0 Å². The lowest BCUT2D eigenvalue weighted by Gasteiger charge is -2.11. The number of hydrogen-bond acceptors (Lipinski definition) is 1. The molecule has 2 aromatic carbocycles. The zero-order valence-electron chi connectivity index (χ0n) is 14.0. The summed E-state index contributed by atoms with van der Waals surface area (Å²) < 4.78 is 1.97. The van der Waals surface area contributed by atoms with Gasteiger partial charge < -0.3 is 5.32 Å². The number of rotatable bonds is 4. The molecule has 0 bridgehead atoms. The lowest BCUT2D eigenvalue weighted by atomic mass is 10.0. The third kappa shape index (κ3) is 3.51. The van der Waals surface area contributed by atoms with Gasteiger partial charge in [-0.1, -0.05) is 48.5 Å². The molecule has 0 saturated carbocycles. The van der Waals surface area contributed by atoms with Gasteiger partial charge in [0.25, 0.3) is 5.91 Å². The van der Waals surface area contributed by atoms with Crippen LogP contribution in [0, 0.1) is 13.8 Å². The van der Waals surface area contributed by atoms with Crippen molar-refractivity contribution in [2.24, 2.45) is 0 Å². The molecule has 1 amide bonds. The van der Waals surface area contributed by atoms with E-state index in [2.05, 4.69) is 18.3 Å². The molecule has 0 aliphatic heterocycles. The van der Waals surface area contributed by atoms with Gasteiger partial charge in [-0.15, -0.1) is 0 Å². The van der Waals surface area contributed by atoms with Gasteiger partial charge in [0.2, 0.25) is 6.54 Å². The molecule has 0 saturated heterocycles. The van der Waals surface area contributed by atoms with Crippen molar-refractivity contribution in [3.63, 3.8) is 0 Å². The van der Waals surface area contributed by atoms with E-state index in [9.17, 15) is 4.79 Å². The third-order valence-electron chi connectivity index (χ3n) is 4.21. The molecule has 24 heavy (non-hydrogen) atoms. The van der Waals surface area contributed by atoms with Gasteiger partial charge in [-0.05, 0) is 24.6 Å². The van der Waals surface area contributed by atoms with Gasteiger partial charge in [0, 0.05) is 29.8 Å². The van der Waals surface area contributed by atoms with E-state index >= 15 is 0 Å². The molecule has 0 fully saturated rings. The number of carbonyl (C=O) groups is 1. The van der Waals surface area contributed by atoms with E-state index in [-0.39, 0.29) is 5.91 Å². The summed E-state index contributed by atoms with van der Waals surface area (Å²) >= 11 is 0. The van der Waals surface area contributed by atoms with E-state index in [4.69, 9.17) is 0 Å². The maximum Gasteiger partial charge on any atom is 0.290 e. The van der Waals surface area contributed by atoms with Crippen LogP contribution < -0.4 is 9.88 Å². The van der Waals surface area contributed by atoms with E-state index in [0.29, 0.717) is 6.54 Å². The first-order valence-corrected chi connectivity index (χ1v) is 8.05. The Labute approximate surface area is 142 Å². The molecule has 0 aliphatic rings. The second-order valence-corrected chi connectivity index (χ2v) is 5.86. The second-order valence-electron chi connectivity index (χ2n) is 5.86. The molecule has 3 nitrogen and oxygen atoms in total. The van der Waals surface area contributed by atoms with Crippen LogP contribution in [-0.4, -0.2) is 5.91 Å². The van der Waals surface area contributed by atoms with Gasteiger partial charge in [0.1, 0.15) is 0 Å². The van der Waals surface area contributed by atoms with Crippen LogP contribution in [0.5, 0.6) is 0 Å². The molecule has 3 rings (SSSR count). The normalized spacial score (nSPS) is 10.4. The van der Waals surface area contributed by atoms with Crippen LogP contribution in [-0.2, 0) is 11.3 Å². The van der Waals surface area contributed by atoms with Crippen molar-refractivity contribution in [2.45, 2.75) is 20.4 Å². The molecule has 0 radical (unpaired) electrons. The first-order valence-electron chi connectivity index (χ1n) is 8.05. The Morgan fingerprint density at radius 3 is 2.42 bits per heavy atom. The number of aromatic nitrogens is 1. The molecular formula is C21H21N2O+. The van der Waals surface area contributed by atoms with Gasteiger partial charge in [0.15, 0.2) is 11.9 Å². The molecule has 0 atom stereocenters. The number of benzene rings is 2. The molecule has 0 aliphatic carbocycles. The molecule has 0 spiro atoms. The Morgan fingerprint density at radius 2 is 1.62 bits per heavy atom.